The molecule has 0 aliphatic carbocycles. The molecule has 0 aliphatic heterocycles. The van der Waals surface area contributed by atoms with Crippen LogP contribution in [-0.2, 0) is 24.1 Å². The fourth-order valence-corrected chi connectivity index (χ4v) is 4.12. The van der Waals surface area contributed by atoms with E-state index in [1.54, 1.807) is 45.3 Å². The Hall–Kier alpha value is -2.46. The number of nitrogens with zero attached hydrogens (tertiary/aromatic N) is 6. The lowest BCUT2D eigenvalue weighted by atomic mass is 10.2. The van der Waals surface area contributed by atoms with Gasteiger partial charge >= 0.3 is 0 Å². The third-order valence-electron chi connectivity index (χ3n) is 3.36. The normalized spacial score (nSPS) is 11.7. The summed E-state index contributed by atoms with van der Waals surface area (Å²) in [6.07, 6.45) is 0. The molecule has 3 rings (SSSR count). The summed E-state index contributed by atoms with van der Waals surface area (Å²) in [5.41, 5.74) is 1.37. The van der Waals surface area contributed by atoms with Crippen molar-refractivity contribution in [2.75, 3.05) is 4.72 Å². The molecule has 2 heterocycles. The molecule has 0 amide bonds. The molecule has 0 saturated carbocycles. The van der Waals surface area contributed by atoms with E-state index in [1.807, 2.05) is 0 Å². The fourth-order valence-electron chi connectivity index (χ4n) is 2.32. The Morgan fingerprint density at radius 1 is 1.21 bits per heavy atom. The Balaban J connectivity index is 1.98. The first-order valence-electron chi connectivity index (χ1n) is 6.84. The molecule has 0 radical (unpaired) electrons. The van der Waals surface area contributed by atoms with Crippen LogP contribution in [0.3, 0.4) is 0 Å². The SMILES string of the molecule is Cc1nn(C)c(Cl)c1S(=O)(=O)Nc1cccc(-c2nnnn2C)c1. The number of benzene rings is 1. The van der Waals surface area contributed by atoms with Crippen molar-refractivity contribution in [2.24, 2.45) is 14.1 Å². The van der Waals surface area contributed by atoms with Crippen molar-refractivity contribution in [3.05, 3.63) is 35.1 Å². The number of aromatic nitrogens is 6. The summed E-state index contributed by atoms with van der Waals surface area (Å²) >= 11 is 6.05. The summed E-state index contributed by atoms with van der Waals surface area (Å²) in [7, 11) is -0.595. The summed E-state index contributed by atoms with van der Waals surface area (Å²) < 4.78 is 30.6. The van der Waals surface area contributed by atoms with Gasteiger partial charge in [-0.3, -0.25) is 9.40 Å². The van der Waals surface area contributed by atoms with Gasteiger partial charge in [-0.25, -0.2) is 13.1 Å². The summed E-state index contributed by atoms with van der Waals surface area (Å²) in [4.78, 5) is -0.0441. The number of rotatable bonds is 4. The minimum Gasteiger partial charge on any atom is -0.279 e. The molecule has 0 unspecified atom stereocenters. The summed E-state index contributed by atoms with van der Waals surface area (Å²) in [5.74, 6) is 0.520. The van der Waals surface area contributed by atoms with Crippen LogP contribution in [0.5, 0.6) is 0 Å². The van der Waals surface area contributed by atoms with Gasteiger partial charge in [-0.1, -0.05) is 23.7 Å². The van der Waals surface area contributed by atoms with Crippen molar-refractivity contribution in [1.82, 2.24) is 30.0 Å². The van der Waals surface area contributed by atoms with E-state index in [1.165, 1.54) is 9.36 Å². The van der Waals surface area contributed by atoms with E-state index in [9.17, 15) is 8.42 Å². The minimum atomic E-state index is -3.87. The second-order valence-corrected chi connectivity index (χ2v) is 7.12. The Morgan fingerprint density at radius 2 is 1.96 bits per heavy atom. The number of sulfonamides is 1. The number of anilines is 1. The molecular formula is C13H14ClN7O2S. The zero-order chi connectivity index (χ0) is 17.5. The van der Waals surface area contributed by atoms with E-state index in [2.05, 4.69) is 25.3 Å². The molecule has 11 heteroatoms. The van der Waals surface area contributed by atoms with Crippen LogP contribution >= 0.6 is 11.6 Å². The molecule has 24 heavy (non-hydrogen) atoms. The van der Waals surface area contributed by atoms with Gasteiger partial charge in [0.25, 0.3) is 10.0 Å². The molecule has 0 fully saturated rings. The van der Waals surface area contributed by atoms with E-state index in [0.29, 0.717) is 22.8 Å². The van der Waals surface area contributed by atoms with E-state index in [4.69, 9.17) is 11.6 Å². The first-order chi connectivity index (χ1) is 11.3. The van der Waals surface area contributed by atoms with E-state index < -0.39 is 10.0 Å². The van der Waals surface area contributed by atoms with Crippen molar-refractivity contribution >= 4 is 27.3 Å². The van der Waals surface area contributed by atoms with Crippen molar-refractivity contribution in [2.45, 2.75) is 11.8 Å². The second kappa shape index (κ2) is 5.87. The molecule has 0 spiro atoms. The van der Waals surface area contributed by atoms with Gasteiger partial charge in [0.1, 0.15) is 10.0 Å². The van der Waals surface area contributed by atoms with Crippen molar-refractivity contribution in [3.8, 4) is 11.4 Å². The Kier molecular flexibility index (Phi) is 4.01. The first-order valence-corrected chi connectivity index (χ1v) is 8.70. The standard InChI is InChI=1S/C13H14ClN7O2S/c1-8-11(12(14)20(2)16-8)24(22,23)17-10-6-4-5-9(7-10)13-15-18-19-21(13)3/h4-7,17H,1-3H3. The number of hydrogen-bond acceptors (Lipinski definition) is 6. The van der Waals surface area contributed by atoms with Crippen LogP contribution in [0.25, 0.3) is 11.4 Å². The Morgan fingerprint density at radius 3 is 2.54 bits per heavy atom. The summed E-state index contributed by atoms with van der Waals surface area (Å²) in [5, 5.41) is 15.3. The largest absolute Gasteiger partial charge is 0.279 e. The molecule has 0 aliphatic rings. The highest BCUT2D eigenvalue weighted by Gasteiger charge is 2.25. The molecule has 9 nitrogen and oxygen atoms in total. The van der Waals surface area contributed by atoms with Crippen LogP contribution in [0.2, 0.25) is 5.15 Å². The van der Waals surface area contributed by atoms with Crippen LogP contribution in [0.15, 0.2) is 29.2 Å². The fraction of sp³-hybridized carbons (Fsp3) is 0.231. The van der Waals surface area contributed by atoms with Crippen LogP contribution in [0.1, 0.15) is 5.69 Å². The molecule has 3 aromatic rings. The van der Waals surface area contributed by atoms with Gasteiger partial charge in [0.05, 0.1) is 5.69 Å². The molecule has 0 bridgehead atoms. The molecule has 0 saturated heterocycles. The van der Waals surface area contributed by atoms with Crippen LogP contribution < -0.4 is 4.72 Å². The average Bonchev–Trinajstić information content (AvgIpc) is 3.03. The van der Waals surface area contributed by atoms with E-state index >= 15 is 0 Å². The number of hydrogen-bond donors (Lipinski definition) is 1. The minimum absolute atomic E-state index is 0.0441. The molecule has 2 aromatic heterocycles. The Labute approximate surface area is 143 Å². The van der Waals surface area contributed by atoms with Gasteiger partial charge in [0.15, 0.2) is 5.82 Å². The summed E-state index contributed by atoms with van der Waals surface area (Å²) in [6.45, 7) is 1.59. The average molecular weight is 368 g/mol. The van der Waals surface area contributed by atoms with E-state index in [-0.39, 0.29) is 10.0 Å². The lowest BCUT2D eigenvalue weighted by Gasteiger charge is -2.09. The van der Waals surface area contributed by atoms with Gasteiger partial charge in [0, 0.05) is 25.3 Å². The molecule has 1 N–H and O–H groups in total. The monoisotopic (exact) mass is 367 g/mol. The lowest BCUT2D eigenvalue weighted by Crippen LogP contribution is -2.14. The number of aryl methyl sites for hydroxylation is 3. The maximum atomic E-state index is 12.6. The number of nitrogens with one attached hydrogen (secondary N) is 1. The molecular weight excluding hydrogens is 354 g/mol. The van der Waals surface area contributed by atoms with Crippen molar-refractivity contribution in [3.63, 3.8) is 0 Å². The van der Waals surface area contributed by atoms with Crippen molar-refractivity contribution < 1.29 is 8.42 Å². The zero-order valence-corrected chi connectivity index (χ0v) is 14.7. The third kappa shape index (κ3) is 2.85. The highest BCUT2D eigenvalue weighted by Crippen LogP contribution is 2.27. The predicted molar refractivity (Wildman–Crippen MR) is 88.0 cm³/mol. The highest BCUT2D eigenvalue weighted by atomic mass is 35.5. The van der Waals surface area contributed by atoms with Crippen LogP contribution in [-0.4, -0.2) is 38.4 Å². The maximum Gasteiger partial charge on any atom is 0.266 e. The molecule has 126 valence electrons. The Bertz CT molecular complexity index is 1010. The van der Waals surface area contributed by atoms with E-state index in [0.717, 1.165) is 0 Å². The maximum absolute atomic E-state index is 12.6. The predicted octanol–water partition coefficient (Wildman–Crippen LogP) is 1.37. The topological polar surface area (TPSA) is 108 Å². The van der Waals surface area contributed by atoms with Gasteiger partial charge < -0.3 is 0 Å². The van der Waals surface area contributed by atoms with Gasteiger partial charge in [-0.05, 0) is 29.5 Å². The van der Waals surface area contributed by atoms with Crippen LogP contribution in [0.4, 0.5) is 5.69 Å². The van der Waals surface area contributed by atoms with Crippen LogP contribution in [0, 0.1) is 6.92 Å². The smallest absolute Gasteiger partial charge is 0.266 e. The van der Waals surface area contributed by atoms with Gasteiger partial charge in [-0.15, -0.1) is 5.10 Å². The second-order valence-electron chi connectivity index (χ2n) is 5.14. The molecule has 1 aromatic carbocycles. The molecule has 0 atom stereocenters. The quantitative estimate of drug-likeness (QED) is 0.746. The highest BCUT2D eigenvalue weighted by molar-refractivity contribution is 7.92. The first kappa shape index (κ1) is 16.4. The van der Waals surface area contributed by atoms with Gasteiger partial charge in [0.2, 0.25) is 0 Å². The van der Waals surface area contributed by atoms with Gasteiger partial charge in [-0.2, -0.15) is 5.10 Å². The number of halogens is 1. The lowest BCUT2D eigenvalue weighted by molar-refractivity contribution is 0.600. The third-order valence-corrected chi connectivity index (χ3v) is 5.44. The number of tetrazole rings is 1. The zero-order valence-electron chi connectivity index (χ0n) is 13.1. The van der Waals surface area contributed by atoms with Crippen molar-refractivity contribution in [1.29, 1.82) is 0 Å². The summed E-state index contributed by atoms with van der Waals surface area (Å²) in [6, 6.07) is 6.76.